The molecule has 128 valence electrons. The number of phenolic OH excluding ortho intramolecular Hbond substituents is 2. The second-order valence-corrected chi connectivity index (χ2v) is 6.09. The molecule has 25 heavy (non-hydrogen) atoms. The van der Waals surface area contributed by atoms with E-state index in [9.17, 15) is 10.2 Å². The van der Waals surface area contributed by atoms with E-state index in [0.29, 0.717) is 0 Å². The average Bonchev–Trinajstić information content (AvgIpc) is 2.55. The Bertz CT molecular complexity index is 924. The van der Waals surface area contributed by atoms with Gasteiger partial charge in [0.05, 0.1) is 10.0 Å². The highest BCUT2D eigenvalue weighted by Gasteiger charge is 2.09. The zero-order valence-electron chi connectivity index (χ0n) is 12.0. The third-order valence-electron chi connectivity index (χ3n) is 2.67. The van der Waals surface area contributed by atoms with E-state index in [4.69, 9.17) is 51.7 Å². The molecule has 0 aromatic heterocycles. The predicted molar refractivity (Wildman–Crippen MR) is 97.4 cm³/mol. The lowest BCUT2D eigenvalue weighted by Gasteiger charge is -2.05. The number of nitrogens with zero attached hydrogens (tertiary/aromatic N) is 4. The Morgan fingerprint density at radius 2 is 1.56 bits per heavy atom. The van der Waals surface area contributed by atoms with Crippen LogP contribution in [0, 0.1) is 11.3 Å². The monoisotopic (exact) mass is 417 g/mol. The van der Waals surface area contributed by atoms with Crippen molar-refractivity contribution in [3.05, 3.63) is 44.4 Å². The molecule has 0 aliphatic carbocycles. The first-order chi connectivity index (χ1) is 11.8. The lowest BCUT2D eigenvalue weighted by Crippen LogP contribution is -1.96. The molecule has 0 bridgehead atoms. The summed E-state index contributed by atoms with van der Waals surface area (Å²) in [5.41, 5.74) is 2.41. The maximum atomic E-state index is 9.79. The molecule has 2 rings (SSSR count). The van der Waals surface area contributed by atoms with Crippen LogP contribution < -0.4 is 5.43 Å². The van der Waals surface area contributed by atoms with Crippen molar-refractivity contribution >= 4 is 63.6 Å². The fourth-order valence-electron chi connectivity index (χ4n) is 1.56. The van der Waals surface area contributed by atoms with Crippen molar-refractivity contribution in [2.24, 2.45) is 15.3 Å². The van der Waals surface area contributed by atoms with Crippen molar-refractivity contribution in [3.63, 3.8) is 0 Å². The maximum Gasteiger partial charge on any atom is 0.270 e. The fraction of sp³-hybridized carbons (Fsp3) is 0. The van der Waals surface area contributed by atoms with E-state index < -0.39 is 5.84 Å². The molecule has 0 radical (unpaired) electrons. The summed E-state index contributed by atoms with van der Waals surface area (Å²) in [5.74, 6) is -1.06. The van der Waals surface area contributed by atoms with Crippen molar-refractivity contribution in [2.45, 2.75) is 0 Å². The second kappa shape index (κ2) is 8.23. The van der Waals surface area contributed by atoms with Crippen LogP contribution in [0.5, 0.6) is 11.5 Å². The molecule has 0 saturated heterocycles. The van der Waals surface area contributed by atoms with Gasteiger partial charge in [-0.2, -0.15) is 5.26 Å². The minimum Gasteiger partial charge on any atom is -0.504 e. The molecule has 0 unspecified atom stereocenters. The van der Waals surface area contributed by atoms with E-state index in [-0.39, 0.29) is 43.0 Å². The van der Waals surface area contributed by atoms with E-state index in [2.05, 4.69) is 20.8 Å². The van der Waals surface area contributed by atoms with Crippen LogP contribution in [0.3, 0.4) is 0 Å². The highest BCUT2D eigenvalue weighted by Crippen LogP contribution is 2.37. The van der Waals surface area contributed by atoms with Gasteiger partial charge in [0, 0.05) is 10.0 Å². The van der Waals surface area contributed by atoms with E-state index in [0.717, 1.165) is 0 Å². The highest BCUT2D eigenvalue weighted by molar-refractivity contribution is 6.36. The van der Waals surface area contributed by atoms with Crippen LogP contribution in [-0.4, -0.2) is 16.0 Å². The van der Waals surface area contributed by atoms with Gasteiger partial charge in [0.25, 0.3) is 5.84 Å². The molecule has 11 heteroatoms. The Balaban J connectivity index is 2.27. The van der Waals surface area contributed by atoms with Crippen molar-refractivity contribution in [3.8, 4) is 17.6 Å². The van der Waals surface area contributed by atoms with Gasteiger partial charge in [-0.15, -0.1) is 15.3 Å². The number of phenols is 2. The number of halogens is 4. The van der Waals surface area contributed by atoms with Crippen LogP contribution in [0.4, 0.5) is 11.4 Å². The summed E-state index contributed by atoms with van der Waals surface area (Å²) in [6, 6.07) is 6.98. The molecule has 0 fully saturated rings. The number of anilines is 1. The smallest absolute Gasteiger partial charge is 0.270 e. The predicted octanol–water partition coefficient (Wildman–Crippen LogP) is 5.74. The molecule has 0 amide bonds. The number of nitriles is 1. The first-order valence-electron chi connectivity index (χ1n) is 6.33. The average molecular weight is 419 g/mol. The topological polar surface area (TPSA) is 113 Å². The van der Waals surface area contributed by atoms with Gasteiger partial charge in [0.1, 0.15) is 17.4 Å². The van der Waals surface area contributed by atoms with Crippen LogP contribution in [0.2, 0.25) is 20.1 Å². The molecule has 0 spiro atoms. The van der Waals surface area contributed by atoms with Crippen LogP contribution in [0.15, 0.2) is 39.6 Å². The highest BCUT2D eigenvalue weighted by atomic mass is 35.5. The minimum absolute atomic E-state index is 0.00354. The summed E-state index contributed by atoms with van der Waals surface area (Å²) in [5, 5.41) is 40.0. The van der Waals surface area contributed by atoms with Crippen LogP contribution in [-0.2, 0) is 0 Å². The zero-order chi connectivity index (χ0) is 18.6. The summed E-state index contributed by atoms with van der Waals surface area (Å²) in [6.45, 7) is 0. The van der Waals surface area contributed by atoms with Crippen molar-refractivity contribution in [1.29, 1.82) is 5.26 Å². The number of benzene rings is 2. The zero-order valence-corrected chi connectivity index (χ0v) is 15.0. The number of azo groups is 1. The van der Waals surface area contributed by atoms with Gasteiger partial charge >= 0.3 is 0 Å². The van der Waals surface area contributed by atoms with Gasteiger partial charge in [-0.25, -0.2) is 0 Å². The summed E-state index contributed by atoms with van der Waals surface area (Å²) in [7, 11) is 0. The van der Waals surface area contributed by atoms with Crippen molar-refractivity contribution < 1.29 is 10.2 Å². The Morgan fingerprint density at radius 1 is 0.960 bits per heavy atom. The van der Waals surface area contributed by atoms with Crippen molar-refractivity contribution in [1.82, 2.24) is 0 Å². The number of hydrogen-bond donors (Lipinski definition) is 3. The van der Waals surface area contributed by atoms with Gasteiger partial charge in [-0.05, 0) is 24.3 Å². The molecule has 0 aliphatic heterocycles. The lowest BCUT2D eigenvalue weighted by molar-refractivity contribution is 0.476. The Labute approximate surface area is 161 Å². The van der Waals surface area contributed by atoms with E-state index in [1.54, 1.807) is 6.07 Å². The quantitative estimate of drug-likeness (QED) is 0.193. The molecule has 3 N–H and O–H groups in total. The third-order valence-corrected chi connectivity index (χ3v) is 3.68. The number of hydrazone groups is 1. The van der Waals surface area contributed by atoms with Gasteiger partial charge in [0.15, 0.2) is 11.5 Å². The van der Waals surface area contributed by atoms with E-state index in [1.165, 1.54) is 24.3 Å². The Kier molecular flexibility index (Phi) is 6.28. The summed E-state index contributed by atoms with van der Waals surface area (Å²) < 4.78 is 0. The minimum atomic E-state index is -0.411. The number of rotatable bonds is 3. The molecule has 0 aliphatic rings. The molecule has 0 heterocycles. The summed E-state index contributed by atoms with van der Waals surface area (Å²) in [4.78, 5) is 0. The molecule has 2 aromatic rings. The number of aromatic hydroxyl groups is 2. The van der Waals surface area contributed by atoms with Gasteiger partial charge in [0.2, 0.25) is 0 Å². The molecular formula is C14H7Cl4N5O2. The first-order valence-corrected chi connectivity index (χ1v) is 7.84. The molecular weight excluding hydrogens is 412 g/mol. The normalized spacial score (nSPS) is 11.6. The van der Waals surface area contributed by atoms with Crippen LogP contribution >= 0.6 is 46.4 Å². The standard InChI is InChI=1S/C14H7Cl4N5O2/c15-6-1-8(17)13(24)10(3-6)20-22-12(5-19)23-21-11-4-7(16)2-9(18)14(11)25/h1-4,20,24-25H. The molecule has 0 saturated carbocycles. The lowest BCUT2D eigenvalue weighted by atomic mass is 10.3. The molecule has 2 aromatic carbocycles. The SMILES string of the molecule is N#CC(N=Nc1cc(Cl)cc(Cl)c1O)=NNc1cc(Cl)cc(Cl)c1O. The largest absolute Gasteiger partial charge is 0.504 e. The van der Waals surface area contributed by atoms with Gasteiger partial charge in [-0.3, -0.25) is 5.43 Å². The fourth-order valence-corrected chi connectivity index (χ4v) is 2.54. The van der Waals surface area contributed by atoms with E-state index in [1.807, 2.05) is 0 Å². The van der Waals surface area contributed by atoms with Crippen LogP contribution in [0.1, 0.15) is 0 Å². The maximum absolute atomic E-state index is 9.79. The molecule has 0 atom stereocenters. The first kappa shape index (κ1) is 19.1. The number of nitrogens with one attached hydrogen (secondary N) is 1. The van der Waals surface area contributed by atoms with E-state index >= 15 is 0 Å². The molecule has 7 nitrogen and oxygen atoms in total. The van der Waals surface area contributed by atoms with Gasteiger partial charge in [-0.1, -0.05) is 46.4 Å². The third kappa shape index (κ3) is 4.87. The van der Waals surface area contributed by atoms with Crippen molar-refractivity contribution in [2.75, 3.05) is 5.43 Å². The Morgan fingerprint density at radius 3 is 2.20 bits per heavy atom. The number of amidine groups is 1. The number of hydrogen-bond acceptors (Lipinski definition) is 6. The Hall–Kier alpha value is -2.24. The second-order valence-electron chi connectivity index (χ2n) is 4.40. The summed E-state index contributed by atoms with van der Waals surface area (Å²) in [6.07, 6.45) is 0. The van der Waals surface area contributed by atoms with Gasteiger partial charge < -0.3 is 10.2 Å². The summed E-state index contributed by atoms with van der Waals surface area (Å²) >= 11 is 23.2. The van der Waals surface area contributed by atoms with Crippen LogP contribution in [0.25, 0.3) is 0 Å².